The normalized spacial score (nSPS) is 24.3. The van der Waals surface area contributed by atoms with Gasteiger partial charge in [-0.2, -0.15) is 0 Å². The number of imide groups is 1. The topological polar surface area (TPSA) is 57.6 Å². The lowest BCUT2D eigenvalue weighted by molar-refractivity contribution is -0.129. The number of amides is 2. The highest BCUT2D eigenvalue weighted by molar-refractivity contribution is 5.94. The Morgan fingerprint density at radius 2 is 2.45 bits per heavy atom. The van der Waals surface area contributed by atoms with Gasteiger partial charge in [0.1, 0.15) is 0 Å². The maximum Gasteiger partial charge on any atom is 0.414 e. The number of rotatable bonds is 1. The van der Waals surface area contributed by atoms with Gasteiger partial charge in [-0.1, -0.05) is 6.92 Å². The lowest BCUT2D eigenvalue weighted by Crippen LogP contribution is -2.32. The van der Waals surface area contributed by atoms with E-state index in [1.807, 2.05) is 6.92 Å². The van der Waals surface area contributed by atoms with Crippen molar-refractivity contribution >= 4 is 12.0 Å². The number of likely N-dealkylation sites (tertiary alicyclic amines) is 1. The Bertz CT molecular complexity index is 190. The molecular formula is C7H11NO3. The summed E-state index contributed by atoms with van der Waals surface area (Å²) in [5.41, 5.74) is 0. The van der Waals surface area contributed by atoms with Crippen LogP contribution in [0.2, 0.25) is 0 Å². The van der Waals surface area contributed by atoms with Crippen LogP contribution in [0.15, 0.2) is 0 Å². The van der Waals surface area contributed by atoms with Crippen molar-refractivity contribution in [1.29, 1.82) is 0 Å². The number of nitrogens with zero attached hydrogens (tertiary/aromatic N) is 1. The smallest absolute Gasteiger partial charge is 0.414 e. The predicted molar refractivity (Wildman–Crippen MR) is 38.1 cm³/mol. The van der Waals surface area contributed by atoms with Crippen molar-refractivity contribution in [3.8, 4) is 0 Å². The van der Waals surface area contributed by atoms with Crippen LogP contribution in [0.5, 0.6) is 0 Å². The second-order valence-corrected chi connectivity index (χ2v) is 2.67. The summed E-state index contributed by atoms with van der Waals surface area (Å²) < 4.78 is 0. The minimum absolute atomic E-state index is 0.0638. The highest BCUT2D eigenvalue weighted by Crippen LogP contribution is 2.20. The molecule has 0 aromatic carbocycles. The van der Waals surface area contributed by atoms with E-state index < -0.39 is 6.09 Å². The third kappa shape index (κ3) is 1.34. The van der Waals surface area contributed by atoms with Gasteiger partial charge in [-0.25, -0.2) is 9.69 Å². The fraction of sp³-hybridized carbons (Fsp3) is 0.714. The molecule has 4 heteroatoms. The number of hydrogen-bond donors (Lipinski definition) is 1. The number of carbonyl (C=O) groups excluding carboxylic acids is 1. The van der Waals surface area contributed by atoms with E-state index in [-0.39, 0.29) is 11.8 Å². The molecule has 0 aromatic heterocycles. The van der Waals surface area contributed by atoms with Crippen LogP contribution in [0.4, 0.5) is 4.79 Å². The average molecular weight is 157 g/mol. The Balaban J connectivity index is 2.63. The average Bonchev–Trinajstić information content (AvgIpc) is 2.30. The molecule has 0 spiro atoms. The van der Waals surface area contributed by atoms with Gasteiger partial charge in [0.15, 0.2) is 0 Å². The van der Waals surface area contributed by atoms with E-state index in [2.05, 4.69) is 0 Å². The van der Waals surface area contributed by atoms with Gasteiger partial charge in [0, 0.05) is 12.5 Å². The summed E-state index contributed by atoms with van der Waals surface area (Å²) >= 11 is 0. The summed E-state index contributed by atoms with van der Waals surface area (Å²) in [6, 6.07) is 0. The van der Waals surface area contributed by atoms with Crippen LogP contribution in [-0.4, -0.2) is 28.6 Å². The van der Waals surface area contributed by atoms with Crippen LogP contribution in [0, 0.1) is 5.92 Å². The molecule has 1 aliphatic heterocycles. The third-order valence-corrected chi connectivity index (χ3v) is 2.04. The standard InChI is InChI=1S/C7H11NO3/c1-2-5-3-4-8(6(5)9)7(10)11/h5H,2-4H2,1H3,(H,10,11). The van der Waals surface area contributed by atoms with Crippen LogP contribution < -0.4 is 0 Å². The number of hydrogen-bond acceptors (Lipinski definition) is 2. The number of carbonyl (C=O) groups is 2. The Morgan fingerprint density at radius 1 is 1.82 bits per heavy atom. The van der Waals surface area contributed by atoms with Gasteiger partial charge in [-0.3, -0.25) is 4.79 Å². The summed E-state index contributed by atoms with van der Waals surface area (Å²) in [6.07, 6.45) is 0.301. The highest BCUT2D eigenvalue weighted by atomic mass is 16.4. The molecule has 1 fully saturated rings. The van der Waals surface area contributed by atoms with E-state index in [0.29, 0.717) is 13.0 Å². The molecule has 1 N–H and O–H groups in total. The summed E-state index contributed by atoms with van der Waals surface area (Å²) in [5.74, 6) is -0.300. The van der Waals surface area contributed by atoms with Gasteiger partial charge >= 0.3 is 6.09 Å². The minimum Gasteiger partial charge on any atom is -0.465 e. The second-order valence-electron chi connectivity index (χ2n) is 2.67. The maximum atomic E-state index is 11.1. The lowest BCUT2D eigenvalue weighted by Gasteiger charge is -2.08. The summed E-state index contributed by atoms with van der Waals surface area (Å²) in [7, 11) is 0. The molecule has 1 atom stereocenters. The molecule has 11 heavy (non-hydrogen) atoms. The van der Waals surface area contributed by atoms with Crippen molar-refractivity contribution in [3.05, 3.63) is 0 Å². The molecule has 0 aliphatic carbocycles. The predicted octanol–water partition coefficient (Wildman–Crippen LogP) is 0.923. The van der Waals surface area contributed by atoms with Gasteiger partial charge < -0.3 is 5.11 Å². The van der Waals surface area contributed by atoms with Crippen molar-refractivity contribution in [2.24, 2.45) is 5.92 Å². The Morgan fingerprint density at radius 3 is 2.73 bits per heavy atom. The Hall–Kier alpha value is -1.06. The van der Waals surface area contributed by atoms with Crippen molar-refractivity contribution in [1.82, 2.24) is 4.90 Å². The zero-order chi connectivity index (χ0) is 8.43. The van der Waals surface area contributed by atoms with Crippen molar-refractivity contribution in [2.75, 3.05) is 6.54 Å². The van der Waals surface area contributed by atoms with E-state index in [0.717, 1.165) is 11.3 Å². The maximum absolute atomic E-state index is 11.1. The monoisotopic (exact) mass is 157 g/mol. The second kappa shape index (κ2) is 2.90. The van der Waals surface area contributed by atoms with Gasteiger partial charge in [-0.05, 0) is 12.8 Å². The molecular weight excluding hydrogens is 146 g/mol. The zero-order valence-electron chi connectivity index (χ0n) is 6.41. The zero-order valence-corrected chi connectivity index (χ0v) is 6.41. The Labute approximate surface area is 64.8 Å². The summed E-state index contributed by atoms with van der Waals surface area (Å²) in [5, 5.41) is 8.50. The SMILES string of the molecule is CCC1CCN(C(=O)O)C1=O. The molecule has 1 saturated heterocycles. The van der Waals surface area contributed by atoms with Crippen molar-refractivity contribution < 1.29 is 14.7 Å². The summed E-state index contributed by atoms with van der Waals surface area (Å²) in [6.45, 7) is 2.26. The summed E-state index contributed by atoms with van der Waals surface area (Å²) in [4.78, 5) is 22.4. The molecule has 1 aliphatic rings. The van der Waals surface area contributed by atoms with Gasteiger partial charge in [0.25, 0.3) is 0 Å². The molecule has 62 valence electrons. The van der Waals surface area contributed by atoms with Crippen LogP contribution in [-0.2, 0) is 4.79 Å². The molecule has 4 nitrogen and oxygen atoms in total. The van der Waals surface area contributed by atoms with Gasteiger partial charge in [0.05, 0.1) is 0 Å². The molecule has 0 bridgehead atoms. The molecule has 0 saturated carbocycles. The first kappa shape index (κ1) is 8.04. The fourth-order valence-electron chi connectivity index (χ4n) is 1.31. The first-order valence-corrected chi connectivity index (χ1v) is 3.71. The molecule has 0 aromatic rings. The quantitative estimate of drug-likeness (QED) is 0.615. The molecule has 2 amide bonds. The van der Waals surface area contributed by atoms with Crippen LogP contribution in [0.3, 0.4) is 0 Å². The van der Waals surface area contributed by atoms with Crippen LogP contribution in [0.25, 0.3) is 0 Å². The van der Waals surface area contributed by atoms with E-state index in [1.165, 1.54) is 0 Å². The molecule has 1 unspecified atom stereocenters. The lowest BCUT2D eigenvalue weighted by atomic mass is 10.1. The first-order chi connectivity index (χ1) is 5.16. The Kier molecular flexibility index (Phi) is 2.12. The van der Waals surface area contributed by atoms with E-state index in [4.69, 9.17) is 5.11 Å². The molecule has 0 radical (unpaired) electrons. The first-order valence-electron chi connectivity index (χ1n) is 3.71. The third-order valence-electron chi connectivity index (χ3n) is 2.04. The fourth-order valence-corrected chi connectivity index (χ4v) is 1.31. The largest absolute Gasteiger partial charge is 0.465 e. The van der Waals surface area contributed by atoms with E-state index in [1.54, 1.807) is 0 Å². The minimum atomic E-state index is -1.12. The molecule has 1 heterocycles. The van der Waals surface area contributed by atoms with Crippen molar-refractivity contribution in [2.45, 2.75) is 19.8 Å². The van der Waals surface area contributed by atoms with Gasteiger partial charge in [-0.15, -0.1) is 0 Å². The highest BCUT2D eigenvalue weighted by Gasteiger charge is 2.33. The number of carboxylic acid groups (broad SMARTS) is 1. The van der Waals surface area contributed by atoms with Gasteiger partial charge in [0.2, 0.25) is 5.91 Å². The van der Waals surface area contributed by atoms with Crippen LogP contribution >= 0.6 is 0 Å². The van der Waals surface area contributed by atoms with E-state index in [9.17, 15) is 9.59 Å². The van der Waals surface area contributed by atoms with Crippen LogP contribution in [0.1, 0.15) is 19.8 Å². The van der Waals surface area contributed by atoms with Crippen molar-refractivity contribution in [3.63, 3.8) is 0 Å². The molecule has 1 rings (SSSR count). The van der Waals surface area contributed by atoms with E-state index >= 15 is 0 Å².